The molecule has 156 valence electrons. The van der Waals surface area contributed by atoms with Gasteiger partial charge in [0.1, 0.15) is 11.6 Å². The number of aryl methyl sites for hydroxylation is 1. The molecule has 0 spiro atoms. The lowest BCUT2D eigenvalue weighted by Gasteiger charge is -2.36. The van der Waals surface area contributed by atoms with Gasteiger partial charge in [0.05, 0.1) is 18.6 Å². The number of rotatable bonds is 6. The third-order valence-electron chi connectivity index (χ3n) is 5.19. The first-order chi connectivity index (χ1) is 14.7. The van der Waals surface area contributed by atoms with Crippen molar-refractivity contribution >= 4 is 23.4 Å². The number of piperazine rings is 1. The fourth-order valence-electron chi connectivity index (χ4n) is 3.62. The molecular formula is C22H25N5O2S. The summed E-state index contributed by atoms with van der Waals surface area (Å²) in [5.41, 5.74) is 2.08. The molecule has 2 aromatic carbocycles. The summed E-state index contributed by atoms with van der Waals surface area (Å²) in [5.74, 6) is 2.14. The van der Waals surface area contributed by atoms with Crippen molar-refractivity contribution in [3.8, 4) is 11.4 Å². The third-order valence-corrected chi connectivity index (χ3v) is 6.11. The Kier molecular flexibility index (Phi) is 6.23. The summed E-state index contributed by atoms with van der Waals surface area (Å²) in [6.45, 7) is 4.89. The minimum atomic E-state index is 0.125. The number of nitrogens with zero attached hydrogens (tertiary/aromatic N) is 5. The normalized spacial score (nSPS) is 14.1. The average Bonchev–Trinajstić information content (AvgIpc) is 3.18. The molecule has 1 aliphatic heterocycles. The molecule has 1 fully saturated rings. The number of carbonyl (C=O) groups excluding carboxylic acids is 1. The molecule has 8 heteroatoms. The molecule has 0 aliphatic carbocycles. The van der Waals surface area contributed by atoms with Crippen LogP contribution in [0, 0.1) is 6.92 Å². The molecule has 7 nitrogen and oxygen atoms in total. The van der Waals surface area contributed by atoms with Gasteiger partial charge in [-0.3, -0.25) is 9.36 Å². The molecule has 0 saturated carbocycles. The number of hydrogen-bond acceptors (Lipinski definition) is 6. The van der Waals surface area contributed by atoms with Crippen LogP contribution in [0.3, 0.4) is 0 Å². The predicted octanol–water partition coefficient (Wildman–Crippen LogP) is 3.03. The Morgan fingerprint density at radius 3 is 2.43 bits per heavy atom. The van der Waals surface area contributed by atoms with Crippen LogP contribution in [-0.2, 0) is 4.79 Å². The summed E-state index contributed by atoms with van der Waals surface area (Å²) in [5, 5.41) is 9.19. The van der Waals surface area contributed by atoms with Gasteiger partial charge in [-0.1, -0.05) is 42.1 Å². The van der Waals surface area contributed by atoms with E-state index in [1.807, 2.05) is 64.9 Å². The monoisotopic (exact) mass is 423 g/mol. The zero-order chi connectivity index (χ0) is 20.9. The molecule has 0 unspecified atom stereocenters. The average molecular weight is 424 g/mol. The van der Waals surface area contributed by atoms with Crippen molar-refractivity contribution in [3.05, 3.63) is 60.4 Å². The summed E-state index contributed by atoms with van der Waals surface area (Å²) >= 11 is 1.43. The third kappa shape index (κ3) is 4.28. The van der Waals surface area contributed by atoms with Gasteiger partial charge < -0.3 is 14.5 Å². The molecule has 1 aromatic heterocycles. The quantitative estimate of drug-likeness (QED) is 0.568. The molecule has 1 amide bonds. The van der Waals surface area contributed by atoms with Crippen LogP contribution in [0.4, 0.5) is 5.69 Å². The topological polar surface area (TPSA) is 63.5 Å². The van der Waals surface area contributed by atoms with Gasteiger partial charge >= 0.3 is 0 Å². The maximum absolute atomic E-state index is 12.8. The number of para-hydroxylation sites is 3. The van der Waals surface area contributed by atoms with Crippen LogP contribution in [0.2, 0.25) is 0 Å². The molecule has 2 heterocycles. The number of amides is 1. The smallest absolute Gasteiger partial charge is 0.233 e. The lowest BCUT2D eigenvalue weighted by atomic mass is 10.2. The number of hydrogen-bond donors (Lipinski definition) is 0. The fourth-order valence-corrected chi connectivity index (χ4v) is 4.52. The Balaban J connectivity index is 1.35. The van der Waals surface area contributed by atoms with E-state index in [2.05, 4.69) is 21.2 Å². The highest BCUT2D eigenvalue weighted by atomic mass is 32.2. The zero-order valence-electron chi connectivity index (χ0n) is 17.2. The number of ether oxygens (including phenoxy) is 1. The molecule has 3 aromatic rings. The number of benzene rings is 2. The SMILES string of the molecule is COc1ccccc1N1CCN(C(=O)CSc2nnc(C)n2-c2ccccc2)CC1. The van der Waals surface area contributed by atoms with Crippen molar-refractivity contribution in [2.75, 3.05) is 43.9 Å². The van der Waals surface area contributed by atoms with Crippen LogP contribution < -0.4 is 9.64 Å². The number of thioether (sulfide) groups is 1. The molecule has 0 atom stereocenters. The Hall–Kier alpha value is -3.00. The van der Waals surface area contributed by atoms with Gasteiger partial charge in [-0.25, -0.2) is 0 Å². The summed E-state index contributed by atoms with van der Waals surface area (Å²) in [6, 6.07) is 18.0. The number of aromatic nitrogens is 3. The Bertz CT molecular complexity index is 1000. The number of anilines is 1. The molecule has 0 N–H and O–H groups in total. The zero-order valence-corrected chi connectivity index (χ0v) is 18.0. The Morgan fingerprint density at radius 2 is 1.70 bits per heavy atom. The molecule has 1 saturated heterocycles. The second-order valence-corrected chi connectivity index (χ2v) is 7.97. The van der Waals surface area contributed by atoms with Gasteiger partial charge in [-0.15, -0.1) is 10.2 Å². The van der Waals surface area contributed by atoms with Crippen LogP contribution in [-0.4, -0.2) is 64.6 Å². The highest BCUT2D eigenvalue weighted by molar-refractivity contribution is 7.99. The molecule has 1 aliphatic rings. The van der Waals surface area contributed by atoms with E-state index in [4.69, 9.17) is 4.74 Å². The van der Waals surface area contributed by atoms with Crippen molar-refractivity contribution in [2.45, 2.75) is 12.1 Å². The summed E-state index contributed by atoms with van der Waals surface area (Å²) < 4.78 is 7.45. The maximum atomic E-state index is 12.8. The summed E-state index contributed by atoms with van der Waals surface area (Å²) in [6.07, 6.45) is 0. The van der Waals surface area contributed by atoms with Gasteiger partial charge in [0.15, 0.2) is 5.16 Å². The minimum Gasteiger partial charge on any atom is -0.495 e. The van der Waals surface area contributed by atoms with E-state index in [1.165, 1.54) is 11.8 Å². The number of carbonyl (C=O) groups is 1. The second-order valence-electron chi connectivity index (χ2n) is 7.03. The van der Waals surface area contributed by atoms with E-state index in [9.17, 15) is 4.79 Å². The first kappa shape index (κ1) is 20.3. The Morgan fingerprint density at radius 1 is 1.00 bits per heavy atom. The molecule has 0 bridgehead atoms. The van der Waals surface area contributed by atoms with Crippen molar-refractivity contribution in [1.29, 1.82) is 0 Å². The fraction of sp³-hybridized carbons (Fsp3) is 0.318. The first-order valence-corrected chi connectivity index (χ1v) is 10.9. The van der Waals surface area contributed by atoms with Gasteiger partial charge in [-0.2, -0.15) is 0 Å². The van der Waals surface area contributed by atoms with E-state index < -0.39 is 0 Å². The van der Waals surface area contributed by atoms with Gasteiger partial charge in [-0.05, 0) is 31.2 Å². The van der Waals surface area contributed by atoms with E-state index in [0.717, 1.165) is 41.2 Å². The maximum Gasteiger partial charge on any atom is 0.233 e. The van der Waals surface area contributed by atoms with Gasteiger partial charge in [0.2, 0.25) is 5.91 Å². The molecule has 30 heavy (non-hydrogen) atoms. The van der Waals surface area contributed by atoms with Crippen molar-refractivity contribution in [3.63, 3.8) is 0 Å². The largest absolute Gasteiger partial charge is 0.495 e. The standard InChI is InChI=1S/C22H25N5O2S/c1-17-23-24-22(27(17)18-8-4-3-5-9-18)30-16-21(28)26-14-12-25(13-15-26)19-10-6-7-11-20(19)29-2/h3-11H,12-16H2,1-2H3. The van der Waals surface area contributed by atoms with Gasteiger partial charge in [0, 0.05) is 31.9 Å². The van der Waals surface area contributed by atoms with Crippen LogP contribution >= 0.6 is 11.8 Å². The van der Waals surface area contributed by atoms with E-state index in [1.54, 1.807) is 7.11 Å². The predicted molar refractivity (Wildman–Crippen MR) is 119 cm³/mol. The first-order valence-electron chi connectivity index (χ1n) is 9.93. The highest BCUT2D eigenvalue weighted by Crippen LogP contribution is 2.28. The van der Waals surface area contributed by atoms with Crippen LogP contribution in [0.25, 0.3) is 5.69 Å². The highest BCUT2D eigenvalue weighted by Gasteiger charge is 2.23. The van der Waals surface area contributed by atoms with E-state index >= 15 is 0 Å². The second kappa shape index (κ2) is 9.21. The molecule has 4 rings (SSSR count). The van der Waals surface area contributed by atoms with Crippen molar-refractivity contribution < 1.29 is 9.53 Å². The number of methoxy groups -OCH3 is 1. The van der Waals surface area contributed by atoms with Crippen LogP contribution in [0.15, 0.2) is 59.8 Å². The molecule has 0 radical (unpaired) electrons. The molecular weight excluding hydrogens is 398 g/mol. The van der Waals surface area contributed by atoms with E-state index in [0.29, 0.717) is 18.8 Å². The van der Waals surface area contributed by atoms with Gasteiger partial charge in [0.25, 0.3) is 0 Å². The minimum absolute atomic E-state index is 0.125. The van der Waals surface area contributed by atoms with E-state index in [-0.39, 0.29) is 5.91 Å². The summed E-state index contributed by atoms with van der Waals surface area (Å²) in [7, 11) is 1.69. The van der Waals surface area contributed by atoms with Crippen molar-refractivity contribution in [2.24, 2.45) is 0 Å². The van der Waals surface area contributed by atoms with Crippen LogP contribution in [0.5, 0.6) is 5.75 Å². The lowest BCUT2D eigenvalue weighted by molar-refractivity contribution is -0.128. The summed E-state index contributed by atoms with van der Waals surface area (Å²) in [4.78, 5) is 17.0. The Labute approximate surface area is 180 Å². The van der Waals surface area contributed by atoms with Crippen LogP contribution in [0.1, 0.15) is 5.82 Å². The lowest BCUT2D eigenvalue weighted by Crippen LogP contribution is -2.49. The van der Waals surface area contributed by atoms with Crippen molar-refractivity contribution in [1.82, 2.24) is 19.7 Å².